The van der Waals surface area contributed by atoms with Crippen molar-refractivity contribution in [2.75, 3.05) is 0 Å². The topological polar surface area (TPSA) is 50.0 Å². The molecule has 0 spiro atoms. The van der Waals surface area contributed by atoms with Gasteiger partial charge in [0.25, 0.3) is 0 Å². The Morgan fingerprint density at radius 2 is 2.00 bits per heavy atom. The van der Waals surface area contributed by atoms with Crippen molar-refractivity contribution in [2.24, 2.45) is 15.4 Å². The van der Waals surface area contributed by atoms with Crippen LogP contribution in [-0.4, -0.2) is 16.9 Å². The van der Waals surface area contributed by atoms with Crippen molar-refractivity contribution in [3.63, 3.8) is 0 Å². The minimum absolute atomic E-state index is 0.206. The molecule has 1 aromatic rings. The molecule has 0 aromatic carbocycles. The Hall–Kier alpha value is -1.79. The molecule has 1 aliphatic rings. The van der Waals surface area contributed by atoms with E-state index in [1.807, 2.05) is 0 Å². The Bertz CT molecular complexity index is 464. The molecule has 4 nitrogen and oxygen atoms in total. The molecule has 84 valence electrons. The SMILES string of the molecule is Cc1cccc(C2N=NN=C2C(F)(F)F)n1. The third kappa shape index (κ3) is 1.93. The van der Waals surface area contributed by atoms with Gasteiger partial charge >= 0.3 is 6.18 Å². The molecule has 0 N–H and O–H groups in total. The first-order valence-electron chi connectivity index (χ1n) is 4.47. The number of hydrogen-bond acceptors (Lipinski definition) is 4. The van der Waals surface area contributed by atoms with Crippen LogP contribution in [0.2, 0.25) is 0 Å². The second kappa shape index (κ2) is 3.66. The number of rotatable bonds is 1. The van der Waals surface area contributed by atoms with Gasteiger partial charge < -0.3 is 0 Å². The van der Waals surface area contributed by atoms with E-state index in [0.717, 1.165) is 0 Å². The Morgan fingerprint density at radius 1 is 1.25 bits per heavy atom. The smallest absolute Gasteiger partial charge is 0.255 e. The van der Waals surface area contributed by atoms with Crippen molar-refractivity contribution in [1.29, 1.82) is 0 Å². The van der Waals surface area contributed by atoms with E-state index in [1.54, 1.807) is 19.1 Å². The largest absolute Gasteiger partial charge is 0.433 e. The summed E-state index contributed by atoms with van der Waals surface area (Å²) in [6.07, 6.45) is -4.53. The lowest BCUT2D eigenvalue weighted by molar-refractivity contribution is -0.0609. The average Bonchev–Trinajstić information content (AvgIpc) is 2.65. The lowest BCUT2D eigenvalue weighted by Crippen LogP contribution is -2.27. The molecule has 2 heterocycles. The first-order valence-corrected chi connectivity index (χ1v) is 4.47. The van der Waals surface area contributed by atoms with E-state index in [1.165, 1.54) is 6.07 Å². The molecular weight excluding hydrogens is 221 g/mol. The van der Waals surface area contributed by atoms with Gasteiger partial charge in [-0.2, -0.15) is 18.3 Å². The van der Waals surface area contributed by atoms with Gasteiger partial charge in [0, 0.05) is 5.69 Å². The van der Waals surface area contributed by atoms with Gasteiger partial charge in [-0.05, 0) is 24.3 Å². The Labute approximate surface area is 88.9 Å². The fourth-order valence-electron chi connectivity index (χ4n) is 1.36. The van der Waals surface area contributed by atoms with Crippen LogP contribution < -0.4 is 0 Å². The molecule has 2 rings (SSSR count). The minimum atomic E-state index is -4.53. The van der Waals surface area contributed by atoms with Gasteiger partial charge in [-0.15, -0.1) is 5.10 Å². The number of hydrogen-bond donors (Lipinski definition) is 0. The molecule has 0 saturated carbocycles. The second-order valence-electron chi connectivity index (χ2n) is 3.29. The summed E-state index contributed by atoms with van der Waals surface area (Å²) in [5.74, 6) is 0. The second-order valence-corrected chi connectivity index (χ2v) is 3.29. The highest BCUT2D eigenvalue weighted by Gasteiger charge is 2.44. The van der Waals surface area contributed by atoms with Gasteiger partial charge in [0.1, 0.15) is 0 Å². The highest BCUT2D eigenvalue weighted by Crippen LogP contribution is 2.32. The van der Waals surface area contributed by atoms with Gasteiger partial charge in [0.05, 0.1) is 5.69 Å². The van der Waals surface area contributed by atoms with Gasteiger partial charge in [-0.3, -0.25) is 4.98 Å². The van der Waals surface area contributed by atoms with E-state index < -0.39 is 17.9 Å². The molecule has 7 heteroatoms. The zero-order valence-electron chi connectivity index (χ0n) is 8.23. The van der Waals surface area contributed by atoms with Crippen LogP contribution in [0.1, 0.15) is 17.4 Å². The average molecular weight is 228 g/mol. The van der Waals surface area contributed by atoms with Crippen molar-refractivity contribution >= 4 is 5.71 Å². The van der Waals surface area contributed by atoms with Crippen molar-refractivity contribution in [1.82, 2.24) is 4.98 Å². The van der Waals surface area contributed by atoms with Crippen molar-refractivity contribution in [3.05, 3.63) is 29.6 Å². The summed E-state index contributed by atoms with van der Waals surface area (Å²) in [7, 11) is 0. The molecule has 1 atom stereocenters. The van der Waals surface area contributed by atoms with E-state index >= 15 is 0 Å². The van der Waals surface area contributed by atoms with Crippen LogP contribution in [0.4, 0.5) is 13.2 Å². The minimum Gasteiger partial charge on any atom is -0.255 e. The first-order chi connectivity index (χ1) is 7.48. The Kier molecular flexibility index (Phi) is 2.45. The Balaban J connectivity index is 2.36. The van der Waals surface area contributed by atoms with Gasteiger partial charge in [-0.1, -0.05) is 6.07 Å². The maximum atomic E-state index is 12.5. The fourth-order valence-corrected chi connectivity index (χ4v) is 1.36. The lowest BCUT2D eigenvalue weighted by atomic mass is 10.1. The standard InChI is InChI=1S/C9H7F3N4/c1-5-3-2-4-6(13-5)7-8(9(10,11)12)15-16-14-7/h2-4,7H,1H3. The summed E-state index contributed by atoms with van der Waals surface area (Å²) < 4.78 is 37.6. The molecule has 1 aromatic heterocycles. The van der Waals surface area contributed by atoms with Crippen molar-refractivity contribution < 1.29 is 13.2 Å². The molecule has 0 radical (unpaired) electrons. The van der Waals surface area contributed by atoms with E-state index in [0.29, 0.717) is 5.69 Å². The van der Waals surface area contributed by atoms with Gasteiger partial charge in [0.2, 0.25) is 0 Å². The van der Waals surface area contributed by atoms with E-state index in [9.17, 15) is 13.2 Å². The molecular formula is C9H7F3N4. The number of aromatic nitrogens is 1. The molecule has 1 aliphatic heterocycles. The summed E-state index contributed by atoms with van der Waals surface area (Å²) in [5, 5.41) is 9.51. The summed E-state index contributed by atoms with van der Waals surface area (Å²) in [6.45, 7) is 1.69. The molecule has 0 bridgehead atoms. The van der Waals surface area contributed by atoms with Crippen LogP contribution in [0.5, 0.6) is 0 Å². The monoisotopic (exact) mass is 228 g/mol. The first kappa shape index (κ1) is 10.7. The molecule has 0 fully saturated rings. The summed E-state index contributed by atoms with van der Waals surface area (Å²) in [4.78, 5) is 3.98. The normalized spacial score (nSPS) is 20.0. The summed E-state index contributed by atoms with van der Waals surface area (Å²) >= 11 is 0. The Morgan fingerprint density at radius 3 is 2.62 bits per heavy atom. The van der Waals surface area contributed by atoms with Crippen LogP contribution >= 0.6 is 0 Å². The number of halogens is 3. The van der Waals surface area contributed by atoms with Crippen LogP contribution in [0, 0.1) is 6.92 Å². The number of alkyl halides is 3. The predicted octanol–water partition coefficient (Wildman–Crippen LogP) is 2.82. The predicted molar refractivity (Wildman–Crippen MR) is 50.1 cm³/mol. The van der Waals surface area contributed by atoms with Crippen LogP contribution in [0.3, 0.4) is 0 Å². The van der Waals surface area contributed by atoms with Crippen molar-refractivity contribution in [2.45, 2.75) is 19.1 Å². The highest BCUT2D eigenvalue weighted by molar-refractivity contribution is 5.95. The zero-order chi connectivity index (χ0) is 11.8. The third-order valence-electron chi connectivity index (χ3n) is 2.06. The lowest BCUT2D eigenvalue weighted by Gasteiger charge is -2.11. The summed E-state index contributed by atoms with van der Waals surface area (Å²) in [6, 6.07) is 3.56. The fraction of sp³-hybridized carbons (Fsp3) is 0.333. The van der Waals surface area contributed by atoms with Crippen LogP contribution in [0.25, 0.3) is 0 Å². The summed E-state index contributed by atoms with van der Waals surface area (Å²) in [5.41, 5.74) is -0.191. The quantitative estimate of drug-likeness (QED) is 0.729. The maximum Gasteiger partial charge on any atom is 0.433 e. The zero-order valence-corrected chi connectivity index (χ0v) is 8.23. The molecule has 0 saturated heterocycles. The number of pyridine rings is 1. The molecule has 0 aliphatic carbocycles. The van der Waals surface area contributed by atoms with E-state index in [4.69, 9.17) is 0 Å². The van der Waals surface area contributed by atoms with E-state index in [-0.39, 0.29) is 5.69 Å². The number of nitrogens with zero attached hydrogens (tertiary/aromatic N) is 4. The third-order valence-corrected chi connectivity index (χ3v) is 2.06. The van der Waals surface area contributed by atoms with Crippen LogP contribution in [0.15, 0.2) is 33.6 Å². The maximum absolute atomic E-state index is 12.5. The van der Waals surface area contributed by atoms with Gasteiger partial charge in [0.15, 0.2) is 11.8 Å². The molecule has 0 amide bonds. The van der Waals surface area contributed by atoms with Crippen LogP contribution in [-0.2, 0) is 0 Å². The molecule has 1 unspecified atom stereocenters. The van der Waals surface area contributed by atoms with E-state index in [2.05, 4.69) is 20.4 Å². The van der Waals surface area contributed by atoms with Crippen molar-refractivity contribution in [3.8, 4) is 0 Å². The highest BCUT2D eigenvalue weighted by atomic mass is 19.4. The van der Waals surface area contributed by atoms with Gasteiger partial charge in [-0.25, -0.2) is 0 Å². The number of aryl methyl sites for hydroxylation is 1. The molecule has 16 heavy (non-hydrogen) atoms.